The summed E-state index contributed by atoms with van der Waals surface area (Å²) in [5.41, 5.74) is -0.267. The first-order valence-electron chi connectivity index (χ1n) is 6.48. The van der Waals surface area contributed by atoms with E-state index in [1.54, 1.807) is 0 Å². The molecule has 1 fully saturated rings. The van der Waals surface area contributed by atoms with E-state index in [4.69, 9.17) is 0 Å². The Bertz CT molecular complexity index is 272. The standard InChI is InChI=1S/C13H22N2O/c1-2-8-13(9-5-10-14-13)12(16)15-11-6-3-4-7-11/h3-4,11,14H,2,5-10H2,1H3,(H,15,16). The Balaban J connectivity index is 1.94. The minimum Gasteiger partial charge on any atom is -0.351 e. The van der Waals surface area contributed by atoms with Crippen molar-refractivity contribution in [1.82, 2.24) is 10.6 Å². The van der Waals surface area contributed by atoms with E-state index in [2.05, 4.69) is 29.7 Å². The molecule has 0 spiro atoms. The minimum atomic E-state index is -0.267. The van der Waals surface area contributed by atoms with Gasteiger partial charge in [-0.25, -0.2) is 0 Å². The third-order valence-corrected chi connectivity index (χ3v) is 3.70. The molecule has 0 radical (unpaired) electrons. The lowest BCUT2D eigenvalue weighted by Gasteiger charge is -2.29. The molecular weight excluding hydrogens is 200 g/mol. The van der Waals surface area contributed by atoms with Gasteiger partial charge in [0.25, 0.3) is 0 Å². The van der Waals surface area contributed by atoms with E-state index in [1.807, 2.05) is 0 Å². The zero-order chi connectivity index (χ0) is 11.4. The van der Waals surface area contributed by atoms with Gasteiger partial charge in [-0.3, -0.25) is 4.79 Å². The molecule has 90 valence electrons. The molecule has 0 saturated carbocycles. The quantitative estimate of drug-likeness (QED) is 0.711. The number of hydrogen-bond donors (Lipinski definition) is 2. The SMILES string of the molecule is CCCC1(C(=O)NC2CC=CC2)CCCN1. The predicted molar refractivity (Wildman–Crippen MR) is 65.2 cm³/mol. The molecule has 2 rings (SSSR count). The highest BCUT2D eigenvalue weighted by Gasteiger charge is 2.40. The molecule has 1 aliphatic carbocycles. The number of amides is 1. The maximum atomic E-state index is 12.3. The normalized spacial score (nSPS) is 29.8. The van der Waals surface area contributed by atoms with Gasteiger partial charge in [0.05, 0.1) is 5.54 Å². The maximum absolute atomic E-state index is 12.3. The van der Waals surface area contributed by atoms with Crippen LogP contribution in [0.25, 0.3) is 0 Å². The van der Waals surface area contributed by atoms with Gasteiger partial charge in [-0.2, -0.15) is 0 Å². The van der Waals surface area contributed by atoms with Crippen LogP contribution in [-0.4, -0.2) is 24.0 Å². The highest BCUT2D eigenvalue weighted by Crippen LogP contribution is 2.25. The minimum absolute atomic E-state index is 0.223. The molecule has 1 aliphatic heterocycles. The maximum Gasteiger partial charge on any atom is 0.240 e. The van der Waals surface area contributed by atoms with E-state index in [0.29, 0.717) is 6.04 Å². The summed E-state index contributed by atoms with van der Waals surface area (Å²) < 4.78 is 0. The first-order valence-corrected chi connectivity index (χ1v) is 6.48. The van der Waals surface area contributed by atoms with Crippen LogP contribution >= 0.6 is 0 Å². The first-order chi connectivity index (χ1) is 7.77. The third kappa shape index (κ3) is 2.29. The van der Waals surface area contributed by atoms with Crippen molar-refractivity contribution in [2.45, 2.75) is 57.0 Å². The highest BCUT2D eigenvalue weighted by atomic mass is 16.2. The Morgan fingerprint density at radius 1 is 1.50 bits per heavy atom. The van der Waals surface area contributed by atoms with E-state index in [9.17, 15) is 4.79 Å². The molecule has 3 heteroatoms. The van der Waals surface area contributed by atoms with E-state index < -0.39 is 0 Å². The van der Waals surface area contributed by atoms with Crippen molar-refractivity contribution in [3.8, 4) is 0 Å². The van der Waals surface area contributed by atoms with Crippen LogP contribution in [0.3, 0.4) is 0 Å². The van der Waals surface area contributed by atoms with E-state index in [-0.39, 0.29) is 11.4 Å². The van der Waals surface area contributed by atoms with Crippen molar-refractivity contribution in [2.75, 3.05) is 6.54 Å². The van der Waals surface area contributed by atoms with Gasteiger partial charge >= 0.3 is 0 Å². The summed E-state index contributed by atoms with van der Waals surface area (Å²) in [7, 11) is 0. The van der Waals surface area contributed by atoms with Crippen LogP contribution < -0.4 is 10.6 Å². The molecule has 1 unspecified atom stereocenters. The third-order valence-electron chi connectivity index (χ3n) is 3.70. The summed E-state index contributed by atoms with van der Waals surface area (Å²) in [4.78, 5) is 12.3. The zero-order valence-electron chi connectivity index (χ0n) is 10.1. The summed E-state index contributed by atoms with van der Waals surface area (Å²) in [6.07, 6.45) is 10.4. The average molecular weight is 222 g/mol. The van der Waals surface area contributed by atoms with Crippen molar-refractivity contribution >= 4 is 5.91 Å². The number of hydrogen-bond acceptors (Lipinski definition) is 2. The molecule has 1 atom stereocenters. The van der Waals surface area contributed by atoms with Crippen molar-refractivity contribution in [3.05, 3.63) is 12.2 Å². The Kier molecular flexibility index (Phi) is 3.64. The fourth-order valence-corrected chi connectivity index (χ4v) is 2.81. The van der Waals surface area contributed by atoms with Crippen LogP contribution in [0.5, 0.6) is 0 Å². The fourth-order valence-electron chi connectivity index (χ4n) is 2.81. The summed E-state index contributed by atoms with van der Waals surface area (Å²) in [5, 5.41) is 6.59. The van der Waals surface area contributed by atoms with Crippen LogP contribution in [-0.2, 0) is 4.79 Å². The van der Waals surface area contributed by atoms with Gasteiger partial charge in [0.2, 0.25) is 5.91 Å². The van der Waals surface area contributed by atoms with Gasteiger partial charge in [0, 0.05) is 6.04 Å². The number of nitrogens with one attached hydrogen (secondary N) is 2. The lowest BCUT2D eigenvalue weighted by molar-refractivity contribution is -0.128. The smallest absolute Gasteiger partial charge is 0.240 e. The van der Waals surface area contributed by atoms with E-state index in [0.717, 1.165) is 45.1 Å². The van der Waals surface area contributed by atoms with Crippen molar-refractivity contribution in [2.24, 2.45) is 0 Å². The van der Waals surface area contributed by atoms with Gasteiger partial charge in [0.1, 0.15) is 0 Å². The van der Waals surface area contributed by atoms with Crippen LogP contribution in [0.15, 0.2) is 12.2 Å². The molecule has 0 aromatic heterocycles. The monoisotopic (exact) mass is 222 g/mol. The van der Waals surface area contributed by atoms with Crippen LogP contribution in [0.1, 0.15) is 45.4 Å². The highest BCUT2D eigenvalue weighted by molar-refractivity contribution is 5.87. The lowest BCUT2D eigenvalue weighted by Crippen LogP contribution is -2.55. The van der Waals surface area contributed by atoms with E-state index >= 15 is 0 Å². The van der Waals surface area contributed by atoms with Crippen LogP contribution in [0.4, 0.5) is 0 Å². The van der Waals surface area contributed by atoms with E-state index in [1.165, 1.54) is 0 Å². The fraction of sp³-hybridized carbons (Fsp3) is 0.769. The molecule has 0 aromatic rings. The Morgan fingerprint density at radius 3 is 2.81 bits per heavy atom. The van der Waals surface area contributed by atoms with Gasteiger partial charge < -0.3 is 10.6 Å². The summed E-state index contributed by atoms with van der Waals surface area (Å²) >= 11 is 0. The second kappa shape index (κ2) is 5.00. The van der Waals surface area contributed by atoms with Crippen molar-refractivity contribution < 1.29 is 4.79 Å². The zero-order valence-corrected chi connectivity index (χ0v) is 10.1. The Morgan fingerprint density at radius 2 is 2.25 bits per heavy atom. The number of carbonyl (C=O) groups excluding carboxylic acids is 1. The molecule has 0 aromatic carbocycles. The molecule has 1 saturated heterocycles. The molecule has 2 N–H and O–H groups in total. The molecule has 0 bridgehead atoms. The molecule has 1 amide bonds. The molecule has 16 heavy (non-hydrogen) atoms. The first kappa shape index (κ1) is 11.6. The second-order valence-corrected chi connectivity index (χ2v) is 4.98. The largest absolute Gasteiger partial charge is 0.351 e. The number of rotatable bonds is 4. The molecular formula is C13H22N2O. The topological polar surface area (TPSA) is 41.1 Å². The Labute approximate surface area is 97.7 Å². The van der Waals surface area contributed by atoms with Crippen molar-refractivity contribution in [3.63, 3.8) is 0 Å². The predicted octanol–water partition coefficient (Wildman–Crippen LogP) is 1.74. The lowest BCUT2D eigenvalue weighted by atomic mass is 9.90. The molecule has 2 aliphatic rings. The van der Waals surface area contributed by atoms with Gasteiger partial charge in [-0.05, 0) is 38.6 Å². The van der Waals surface area contributed by atoms with Gasteiger partial charge in [-0.15, -0.1) is 0 Å². The number of carbonyl (C=O) groups is 1. The summed E-state index contributed by atoms with van der Waals surface area (Å²) in [6.45, 7) is 3.13. The van der Waals surface area contributed by atoms with Crippen molar-refractivity contribution in [1.29, 1.82) is 0 Å². The second-order valence-electron chi connectivity index (χ2n) is 4.98. The summed E-state index contributed by atoms with van der Waals surface area (Å²) in [5.74, 6) is 0.223. The Hall–Kier alpha value is -0.830. The van der Waals surface area contributed by atoms with Crippen LogP contribution in [0.2, 0.25) is 0 Å². The summed E-state index contributed by atoms with van der Waals surface area (Å²) in [6, 6.07) is 0.337. The molecule has 3 nitrogen and oxygen atoms in total. The van der Waals surface area contributed by atoms with Gasteiger partial charge in [0.15, 0.2) is 0 Å². The van der Waals surface area contributed by atoms with Crippen LogP contribution in [0, 0.1) is 0 Å². The average Bonchev–Trinajstić information content (AvgIpc) is 2.89. The van der Waals surface area contributed by atoms with Gasteiger partial charge in [-0.1, -0.05) is 25.5 Å². The molecule has 1 heterocycles.